The summed E-state index contributed by atoms with van der Waals surface area (Å²) >= 11 is 12.0. The fraction of sp³-hybridized carbons (Fsp3) is 0.400. The van der Waals surface area contributed by atoms with Gasteiger partial charge in [-0.05, 0) is 42.7 Å². The number of benzene rings is 1. The maximum absolute atomic E-state index is 8.53. The Morgan fingerprint density at radius 3 is 2.74 bits per heavy atom. The maximum atomic E-state index is 8.53. The minimum Gasteiger partial charge on any atom is -0.299 e. The number of nitrogens with zero attached hydrogens (tertiary/aromatic N) is 2. The molecule has 0 amide bonds. The lowest BCUT2D eigenvalue weighted by atomic mass is 9.99. The molecule has 0 aliphatic carbocycles. The highest BCUT2D eigenvalue weighted by Gasteiger charge is 2.13. The standard InChI is InChI=1S/C15H16Cl2N2/c16-14-4-3-13(11-15(14)17)12-5-9-19(10-6-12)8-2-1-7-18/h3-5,11H,1-2,6,8-10H2. The fourth-order valence-corrected chi connectivity index (χ4v) is 2.55. The zero-order valence-electron chi connectivity index (χ0n) is 10.7. The third kappa shape index (κ3) is 3.98. The van der Waals surface area contributed by atoms with Gasteiger partial charge in [-0.3, -0.25) is 4.90 Å². The molecule has 0 radical (unpaired) electrons. The van der Waals surface area contributed by atoms with Crippen molar-refractivity contribution in [3.8, 4) is 6.07 Å². The lowest BCUT2D eigenvalue weighted by molar-refractivity contribution is 0.299. The Kier molecular flexibility index (Phi) is 5.27. The largest absolute Gasteiger partial charge is 0.299 e. The molecule has 1 aliphatic rings. The number of unbranched alkanes of at least 4 members (excludes halogenated alkanes) is 1. The number of rotatable bonds is 4. The number of hydrogen-bond donors (Lipinski definition) is 0. The van der Waals surface area contributed by atoms with E-state index >= 15 is 0 Å². The highest BCUT2D eigenvalue weighted by atomic mass is 35.5. The van der Waals surface area contributed by atoms with Crippen LogP contribution in [0.2, 0.25) is 10.0 Å². The monoisotopic (exact) mass is 294 g/mol. The van der Waals surface area contributed by atoms with Gasteiger partial charge in [-0.25, -0.2) is 0 Å². The smallest absolute Gasteiger partial charge is 0.0622 e. The third-order valence-corrected chi connectivity index (χ3v) is 4.09. The number of halogens is 2. The van der Waals surface area contributed by atoms with E-state index < -0.39 is 0 Å². The zero-order chi connectivity index (χ0) is 13.7. The summed E-state index contributed by atoms with van der Waals surface area (Å²) in [5, 5.41) is 9.74. The van der Waals surface area contributed by atoms with Crippen molar-refractivity contribution in [3.05, 3.63) is 39.9 Å². The molecule has 0 unspecified atom stereocenters. The Morgan fingerprint density at radius 1 is 1.26 bits per heavy atom. The highest BCUT2D eigenvalue weighted by Crippen LogP contribution is 2.29. The van der Waals surface area contributed by atoms with E-state index in [-0.39, 0.29) is 0 Å². The minimum absolute atomic E-state index is 0.597. The van der Waals surface area contributed by atoms with Crippen molar-refractivity contribution in [2.75, 3.05) is 19.6 Å². The summed E-state index contributed by atoms with van der Waals surface area (Å²) in [7, 11) is 0. The van der Waals surface area contributed by atoms with E-state index in [0.29, 0.717) is 16.5 Å². The normalized spacial score (nSPS) is 15.9. The molecule has 4 heteroatoms. The predicted molar refractivity (Wildman–Crippen MR) is 80.3 cm³/mol. The molecule has 0 atom stereocenters. The van der Waals surface area contributed by atoms with Crippen molar-refractivity contribution in [1.29, 1.82) is 5.26 Å². The van der Waals surface area contributed by atoms with E-state index in [4.69, 9.17) is 28.5 Å². The van der Waals surface area contributed by atoms with Crippen LogP contribution in [0.3, 0.4) is 0 Å². The molecule has 0 saturated heterocycles. The lowest BCUT2D eigenvalue weighted by Crippen LogP contribution is -2.29. The first-order chi connectivity index (χ1) is 9.20. The first kappa shape index (κ1) is 14.4. The average molecular weight is 295 g/mol. The SMILES string of the molecule is N#CCCCN1CC=C(c2ccc(Cl)c(Cl)c2)CC1. The highest BCUT2D eigenvalue weighted by molar-refractivity contribution is 6.42. The molecular formula is C15H16Cl2N2. The lowest BCUT2D eigenvalue weighted by Gasteiger charge is -2.26. The van der Waals surface area contributed by atoms with E-state index in [0.717, 1.165) is 38.0 Å². The number of nitriles is 1. The van der Waals surface area contributed by atoms with Gasteiger partial charge in [0.2, 0.25) is 0 Å². The molecule has 1 heterocycles. The van der Waals surface area contributed by atoms with Crippen LogP contribution in [0.1, 0.15) is 24.8 Å². The van der Waals surface area contributed by atoms with Gasteiger partial charge in [0.05, 0.1) is 16.1 Å². The molecule has 0 spiro atoms. The second kappa shape index (κ2) is 6.96. The quantitative estimate of drug-likeness (QED) is 0.770. The molecule has 1 aliphatic heterocycles. The van der Waals surface area contributed by atoms with Crippen molar-refractivity contribution >= 4 is 28.8 Å². The number of hydrogen-bond acceptors (Lipinski definition) is 2. The van der Waals surface area contributed by atoms with Crippen LogP contribution in [0.15, 0.2) is 24.3 Å². The van der Waals surface area contributed by atoms with E-state index in [2.05, 4.69) is 17.0 Å². The molecule has 1 aromatic carbocycles. The van der Waals surface area contributed by atoms with E-state index in [9.17, 15) is 0 Å². The van der Waals surface area contributed by atoms with E-state index in [1.807, 2.05) is 18.2 Å². The van der Waals surface area contributed by atoms with Crippen molar-refractivity contribution in [2.24, 2.45) is 0 Å². The summed E-state index contributed by atoms with van der Waals surface area (Å²) in [5.74, 6) is 0. The molecule has 0 aromatic heterocycles. The van der Waals surface area contributed by atoms with Gasteiger partial charge in [0, 0.05) is 19.5 Å². The first-order valence-electron chi connectivity index (χ1n) is 6.44. The van der Waals surface area contributed by atoms with Gasteiger partial charge in [0.15, 0.2) is 0 Å². The second-order valence-corrected chi connectivity index (χ2v) is 5.48. The van der Waals surface area contributed by atoms with Gasteiger partial charge in [-0.2, -0.15) is 5.26 Å². The molecule has 0 fully saturated rings. The molecular weight excluding hydrogens is 279 g/mol. The zero-order valence-corrected chi connectivity index (χ0v) is 12.2. The summed E-state index contributed by atoms with van der Waals surface area (Å²) in [6.45, 7) is 2.98. The topological polar surface area (TPSA) is 27.0 Å². The molecule has 0 bridgehead atoms. The van der Waals surface area contributed by atoms with Gasteiger partial charge >= 0.3 is 0 Å². The predicted octanol–water partition coefficient (Wildman–Crippen LogP) is 4.39. The van der Waals surface area contributed by atoms with Crippen LogP contribution in [0.25, 0.3) is 5.57 Å². The van der Waals surface area contributed by atoms with Crippen molar-refractivity contribution in [1.82, 2.24) is 4.90 Å². The van der Waals surface area contributed by atoms with Crippen LogP contribution < -0.4 is 0 Å². The first-order valence-corrected chi connectivity index (χ1v) is 7.20. The molecule has 0 N–H and O–H groups in total. The molecule has 19 heavy (non-hydrogen) atoms. The Hall–Kier alpha value is -1.01. The summed E-state index contributed by atoms with van der Waals surface area (Å²) in [6, 6.07) is 7.98. The average Bonchev–Trinajstić information content (AvgIpc) is 2.43. The summed E-state index contributed by atoms with van der Waals surface area (Å²) in [5.41, 5.74) is 2.49. The Balaban J connectivity index is 1.96. The van der Waals surface area contributed by atoms with Gasteiger partial charge in [-0.1, -0.05) is 35.3 Å². The van der Waals surface area contributed by atoms with Crippen molar-refractivity contribution in [3.63, 3.8) is 0 Å². The summed E-state index contributed by atoms with van der Waals surface area (Å²) in [6.07, 6.45) is 4.85. The van der Waals surface area contributed by atoms with E-state index in [1.54, 1.807) is 0 Å². The van der Waals surface area contributed by atoms with Crippen LogP contribution in [-0.4, -0.2) is 24.5 Å². The fourth-order valence-electron chi connectivity index (χ4n) is 2.25. The Morgan fingerprint density at radius 2 is 2.11 bits per heavy atom. The van der Waals surface area contributed by atoms with Gasteiger partial charge < -0.3 is 0 Å². The van der Waals surface area contributed by atoms with Crippen molar-refractivity contribution < 1.29 is 0 Å². The van der Waals surface area contributed by atoms with Gasteiger partial charge in [0.25, 0.3) is 0 Å². The maximum Gasteiger partial charge on any atom is 0.0622 e. The molecule has 2 nitrogen and oxygen atoms in total. The Bertz CT molecular complexity index is 517. The molecule has 2 rings (SSSR count). The third-order valence-electron chi connectivity index (χ3n) is 3.35. The second-order valence-electron chi connectivity index (χ2n) is 4.67. The van der Waals surface area contributed by atoms with Crippen LogP contribution in [0, 0.1) is 11.3 Å². The van der Waals surface area contributed by atoms with Crippen molar-refractivity contribution in [2.45, 2.75) is 19.3 Å². The van der Waals surface area contributed by atoms with Gasteiger partial charge in [0.1, 0.15) is 0 Å². The molecule has 100 valence electrons. The minimum atomic E-state index is 0.597. The van der Waals surface area contributed by atoms with Crippen LogP contribution in [-0.2, 0) is 0 Å². The summed E-state index contributed by atoms with van der Waals surface area (Å²) in [4.78, 5) is 2.37. The van der Waals surface area contributed by atoms with E-state index in [1.165, 1.54) is 5.57 Å². The Labute approximate surface area is 124 Å². The molecule has 1 aromatic rings. The molecule has 0 saturated carbocycles. The van der Waals surface area contributed by atoms with Crippen LogP contribution >= 0.6 is 23.2 Å². The van der Waals surface area contributed by atoms with Crippen LogP contribution in [0.4, 0.5) is 0 Å². The van der Waals surface area contributed by atoms with Gasteiger partial charge in [-0.15, -0.1) is 0 Å². The summed E-state index contributed by atoms with van der Waals surface area (Å²) < 4.78 is 0. The van der Waals surface area contributed by atoms with Crippen LogP contribution in [0.5, 0.6) is 0 Å².